The number of carbonyl (C=O) groups is 2. The Morgan fingerprint density at radius 2 is 2.09 bits per heavy atom. The Balaban J connectivity index is 1.73. The molecule has 0 bridgehead atoms. The first-order valence-electron chi connectivity index (χ1n) is 10.4. The molecule has 0 aliphatic carbocycles. The number of para-hydroxylation sites is 1. The third-order valence-corrected chi connectivity index (χ3v) is 5.77. The van der Waals surface area contributed by atoms with Crippen LogP contribution in [0.2, 0.25) is 5.02 Å². The molecule has 0 saturated carbocycles. The fourth-order valence-corrected chi connectivity index (χ4v) is 4.40. The molecule has 12 heteroatoms. The van der Waals surface area contributed by atoms with Gasteiger partial charge >= 0.3 is 5.97 Å². The summed E-state index contributed by atoms with van der Waals surface area (Å²) in [5.41, 5.74) is 4.17. The predicted octanol–water partition coefficient (Wildman–Crippen LogP) is 3.69. The summed E-state index contributed by atoms with van der Waals surface area (Å²) < 4.78 is 11.6. The number of thiocarbonyl (C=S) groups is 1. The maximum Gasteiger partial charge on any atom is 0.338 e. The average Bonchev–Trinajstić information content (AvgIpc) is 2.80. The lowest BCUT2D eigenvalue weighted by Crippen LogP contribution is -2.45. The third-order valence-electron chi connectivity index (χ3n) is 4.80. The lowest BCUT2D eigenvalue weighted by Gasteiger charge is -2.30. The maximum atomic E-state index is 12.6. The van der Waals surface area contributed by atoms with E-state index in [1.807, 2.05) is 0 Å². The highest BCUT2D eigenvalue weighted by molar-refractivity contribution is 9.10. The van der Waals surface area contributed by atoms with Crippen molar-refractivity contribution in [2.75, 3.05) is 13.2 Å². The summed E-state index contributed by atoms with van der Waals surface area (Å²) in [7, 11) is 0. The average molecular weight is 582 g/mol. The van der Waals surface area contributed by atoms with Crippen LogP contribution in [0.25, 0.3) is 0 Å². The minimum absolute atomic E-state index is 0.143. The second-order valence-electron chi connectivity index (χ2n) is 7.24. The number of allylic oxidation sites excluding steroid dienone is 1. The molecule has 1 amide bonds. The quantitative estimate of drug-likeness (QED) is 0.161. The van der Waals surface area contributed by atoms with E-state index in [1.54, 1.807) is 44.2 Å². The lowest BCUT2D eigenvalue weighted by molar-refractivity contribution is -0.139. The number of phenols is 1. The van der Waals surface area contributed by atoms with Crippen molar-refractivity contribution in [3.05, 3.63) is 68.3 Å². The molecule has 0 spiro atoms. The molecule has 3 rings (SSSR count). The maximum absolute atomic E-state index is 12.6. The van der Waals surface area contributed by atoms with Gasteiger partial charge in [-0.2, -0.15) is 5.10 Å². The van der Waals surface area contributed by atoms with Gasteiger partial charge in [-0.25, -0.2) is 10.2 Å². The van der Waals surface area contributed by atoms with Crippen LogP contribution in [0.15, 0.2) is 57.2 Å². The molecule has 35 heavy (non-hydrogen) atoms. The van der Waals surface area contributed by atoms with Crippen LogP contribution in [0.3, 0.4) is 0 Å². The first-order chi connectivity index (χ1) is 16.7. The minimum atomic E-state index is -0.635. The van der Waals surface area contributed by atoms with E-state index < -0.39 is 17.9 Å². The number of rotatable bonds is 8. The Hall–Kier alpha value is -3.15. The molecule has 9 nitrogen and oxygen atoms in total. The summed E-state index contributed by atoms with van der Waals surface area (Å²) in [4.78, 5) is 24.9. The Morgan fingerprint density at radius 1 is 1.34 bits per heavy atom. The summed E-state index contributed by atoms with van der Waals surface area (Å²) in [6.45, 7) is 3.32. The lowest BCUT2D eigenvalue weighted by atomic mass is 9.95. The number of hydrogen-bond donors (Lipinski definition) is 4. The van der Waals surface area contributed by atoms with Gasteiger partial charge in [-0.15, -0.1) is 0 Å². The number of halogens is 2. The Kier molecular flexibility index (Phi) is 9.07. The Labute approximate surface area is 220 Å². The molecule has 1 atom stereocenters. The highest BCUT2D eigenvalue weighted by atomic mass is 79.9. The summed E-state index contributed by atoms with van der Waals surface area (Å²) in [6.07, 6.45) is 1.26. The zero-order valence-corrected chi connectivity index (χ0v) is 21.9. The molecule has 0 unspecified atom stereocenters. The molecule has 1 aliphatic rings. The highest BCUT2D eigenvalue weighted by Crippen LogP contribution is 2.33. The monoisotopic (exact) mass is 580 g/mol. The number of aromatic hydroxyl groups is 1. The van der Waals surface area contributed by atoms with Crippen molar-refractivity contribution in [2.45, 2.75) is 19.9 Å². The number of nitrogens with zero attached hydrogens (tertiary/aromatic N) is 1. The fourth-order valence-electron chi connectivity index (χ4n) is 3.29. The Bertz CT molecular complexity index is 1220. The number of hydrazone groups is 1. The van der Waals surface area contributed by atoms with E-state index in [4.69, 9.17) is 33.3 Å². The van der Waals surface area contributed by atoms with Crippen molar-refractivity contribution in [1.29, 1.82) is 0 Å². The van der Waals surface area contributed by atoms with Gasteiger partial charge in [-0.05, 0) is 44.3 Å². The summed E-state index contributed by atoms with van der Waals surface area (Å²) >= 11 is 14.5. The first kappa shape index (κ1) is 26.5. The number of benzene rings is 2. The number of esters is 1. The van der Waals surface area contributed by atoms with Crippen LogP contribution in [0.5, 0.6) is 11.5 Å². The van der Waals surface area contributed by atoms with Crippen molar-refractivity contribution >= 4 is 63.0 Å². The van der Waals surface area contributed by atoms with Crippen molar-refractivity contribution in [3.63, 3.8) is 0 Å². The number of ether oxygens (including phenoxy) is 2. The molecule has 184 valence electrons. The summed E-state index contributed by atoms with van der Waals surface area (Å²) in [5, 5.41) is 20.3. The van der Waals surface area contributed by atoms with E-state index >= 15 is 0 Å². The largest absolute Gasteiger partial charge is 0.506 e. The predicted molar refractivity (Wildman–Crippen MR) is 139 cm³/mol. The summed E-state index contributed by atoms with van der Waals surface area (Å²) in [6, 6.07) is 9.47. The van der Waals surface area contributed by atoms with Gasteiger partial charge in [0.15, 0.2) is 11.7 Å². The van der Waals surface area contributed by atoms with Gasteiger partial charge < -0.3 is 25.2 Å². The molecule has 0 saturated heterocycles. The van der Waals surface area contributed by atoms with E-state index in [1.165, 1.54) is 12.3 Å². The van der Waals surface area contributed by atoms with E-state index in [9.17, 15) is 14.7 Å². The van der Waals surface area contributed by atoms with Crippen LogP contribution < -0.4 is 20.8 Å². The third kappa shape index (κ3) is 6.71. The molecular formula is C23H22BrClN4O5S. The van der Waals surface area contributed by atoms with Crippen molar-refractivity contribution in [1.82, 2.24) is 16.1 Å². The highest BCUT2D eigenvalue weighted by Gasteiger charge is 2.32. The van der Waals surface area contributed by atoms with E-state index in [0.717, 1.165) is 0 Å². The number of hydrogen-bond acceptors (Lipinski definition) is 7. The molecule has 4 N–H and O–H groups in total. The molecular weight excluding hydrogens is 560 g/mol. The standard InChI is InChI=1S/C23H22BrClN4O5S/c1-3-33-22(32)19-12(2)27-23(35)28-20(19)15-6-4-5-7-17(15)34-11-18(30)29-26-10-13-8-14(24)9-16(25)21(13)31/h4-10,20,31H,3,11H2,1-2H3,(H,29,30)(H2,27,28,35)/t20-/m0/s1. The number of amides is 1. The van der Waals surface area contributed by atoms with Crippen LogP contribution in [0.1, 0.15) is 31.0 Å². The van der Waals surface area contributed by atoms with Crippen LogP contribution in [-0.2, 0) is 14.3 Å². The van der Waals surface area contributed by atoms with Crippen LogP contribution >= 0.6 is 39.7 Å². The zero-order valence-electron chi connectivity index (χ0n) is 18.7. The first-order valence-corrected chi connectivity index (χ1v) is 12.0. The molecule has 2 aromatic carbocycles. The van der Waals surface area contributed by atoms with E-state index in [2.05, 4.69) is 37.1 Å². The van der Waals surface area contributed by atoms with Crippen LogP contribution in [-0.4, -0.2) is 41.5 Å². The SMILES string of the molecule is CCOC(=O)C1=C(C)NC(=S)N[C@H]1c1ccccc1OCC(=O)NN=Cc1cc(Br)cc(Cl)c1O. The zero-order chi connectivity index (χ0) is 25.5. The second kappa shape index (κ2) is 12.0. The summed E-state index contributed by atoms with van der Waals surface area (Å²) in [5.74, 6) is -0.816. The van der Waals surface area contributed by atoms with E-state index in [0.29, 0.717) is 37.7 Å². The van der Waals surface area contributed by atoms with Gasteiger partial charge in [-0.3, -0.25) is 4.79 Å². The van der Waals surface area contributed by atoms with Gasteiger partial charge in [-0.1, -0.05) is 45.7 Å². The van der Waals surface area contributed by atoms with Crippen molar-refractivity contribution < 1.29 is 24.2 Å². The Morgan fingerprint density at radius 3 is 2.83 bits per heavy atom. The molecule has 2 aromatic rings. The van der Waals surface area contributed by atoms with E-state index in [-0.39, 0.29) is 24.0 Å². The van der Waals surface area contributed by atoms with Crippen LogP contribution in [0.4, 0.5) is 0 Å². The molecule has 0 radical (unpaired) electrons. The molecule has 0 aromatic heterocycles. The molecule has 1 aliphatic heterocycles. The smallest absolute Gasteiger partial charge is 0.338 e. The van der Waals surface area contributed by atoms with Gasteiger partial charge in [0.1, 0.15) is 11.5 Å². The van der Waals surface area contributed by atoms with Crippen molar-refractivity contribution in [3.8, 4) is 11.5 Å². The van der Waals surface area contributed by atoms with Crippen molar-refractivity contribution in [2.24, 2.45) is 5.10 Å². The van der Waals surface area contributed by atoms with Gasteiger partial charge in [0.05, 0.1) is 29.5 Å². The van der Waals surface area contributed by atoms with Crippen LogP contribution in [0, 0.1) is 0 Å². The normalized spacial score (nSPS) is 15.4. The number of nitrogens with one attached hydrogen (secondary N) is 3. The number of phenolic OH excluding ortho intramolecular Hbond substituents is 1. The van der Waals surface area contributed by atoms with Gasteiger partial charge in [0.2, 0.25) is 0 Å². The van der Waals surface area contributed by atoms with Gasteiger partial charge in [0.25, 0.3) is 5.91 Å². The minimum Gasteiger partial charge on any atom is -0.506 e. The topological polar surface area (TPSA) is 121 Å². The second-order valence-corrected chi connectivity index (χ2v) is 8.97. The molecule has 0 fully saturated rings. The van der Waals surface area contributed by atoms with Gasteiger partial charge in [0, 0.05) is 21.3 Å². The molecule has 1 heterocycles. The fraction of sp³-hybridized carbons (Fsp3) is 0.217. The number of carbonyl (C=O) groups excluding carboxylic acids is 2.